The van der Waals surface area contributed by atoms with Crippen LogP contribution >= 0.6 is 0 Å². The molecule has 1 atom stereocenters. The average Bonchev–Trinajstić information content (AvgIpc) is 3.13. The minimum Gasteiger partial charge on any atom is -0.467 e. The van der Waals surface area contributed by atoms with Gasteiger partial charge in [-0.25, -0.2) is 4.39 Å². The van der Waals surface area contributed by atoms with Gasteiger partial charge < -0.3 is 19.1 Å². The smallest absolute Gasteiger partial charge is 0.311 e. The highest BCUT2D eigenvalue weighted by molar-refractivity contribution is 5.99. The molecular weight excluding hydrogens is 399 g/mol. The van der Waals surface area contributed by atoms with E-state index < -0.39 is 22.6 Å². The first kappa shape index (κ1) is 19.8. The molecule has 10 heteroatoms. The van der Waals surface area contributed by atoms with E-state index in [1.54, 1.807) is 6.07 Å². The molecule has 30 heavy (non-hydrogen) atoms. The van der Waals surface area contributed by atoms with Crippen LogP contribution in [0.3, 0.4) is 0 Å². The zero-order valence-electron chi connectivity index (χ0n) is 15.7. The van der Waals surface area contributed by atoms with E-state index >= 15 is 0 Å². The number of esters is 1. The van der Waals surface area contributed by atoms with Crippen molar-refractivity contribution in [2.45, 2.75) is 19.6 Å². The summed E-state index contributed by atoms with van der Waals surface area (Å²) in [5, 5.41) is 11.2. The lowest BCUT2D eigenvalue weighted by Gasteiger charge is -2.21. The molecule has 2 aromatic rings. The SMILES string of the molecule is O=C(OCc1cc([N+](=O)[O-])cc2c1OCOC2)[C@H]1CC(=O)N(c2ccccc2F)C1. The maximum atomic E-state index is 14.0. The molecule has 9 nitrogen and oxygen atoms in total. The van der Waals surface area contributed by atoms with Crippen molar-refractivity contribution in [3.05, 3.63) is 63.5 Å². The molecule has 1 amide bonds. The Labute approximate surface area is 170 Å². The number of non-ortho nitro benzene ring substituents is 1. The van der Waals surface area contributed by atoms with Crippen LogP contribution in [0.25, 0.3) is 0 Å². The van der Waals surface area contributed by atoms with Gasteiger partial charge in [-0.05, 0) is 12.1 Å². The van der Waals surface area contributed by atoms with Crippen molar-refractivity contribution in [3.63, 3.8) is 0 Å². The van der Waals surface area contributed by atoms with Crippen LogP contribution in [0.4, 0.5) is 15.8 Å². The predicted octanol–water partition coefficient (Wildman–Crippen LogP) is 2.70. The van der Waals surface area contributed by atoms with E-state index in [2.05, 4.69) is 0 Å². The van der Waals surface area contributed by atoms with Crippen molar-refractivity contribution in [2.75, 3.05) is 18.2 Å². The van der Waals surface area contributed by atoms with Crippen molar-refractivity contribution in [2.24, 2.45) is 5.92 Å². The molecule has 2 aliphatic rings. The number of nitrogens with zero attached hydrogens (tertiary/aromatic N) is 2. The third kappa shape index (κ3) is 3.81. The van der Waals surface area contributed by atoms with E-state index in [0.29, 0.717) is 16.9 Å². The van der Waals surface area contributed by atoms with Crippen molar-refractivity contribution >= 4 is 23.3 Å². The first-order valence-electron chi connectivity index (χ1n) is 9.16. The quantitative estimate of drug-likeness (QED) is 0.419. The summed E-state index contributed by atoms with van der Waals surface area (Å²) in [5.41, 5.74) is 0.768. The number of carbonyl (C=O) groups excluding carboxylic acids is 2. The van der Waals surface area contributed by atoms with Crippen molar-refractivity contribution in [1.82, 2.24) is 0 Å². The summed E-state index contributed by atoms with van der Waals surface area (Å²) in [6.45, 7) is -0.129. The van der Waals surface area contributed by atoms with Gasteiger partial charge in [-0.1, -0.05) is 12.1 Å². The number of fused-ring (bicyclic) bond motifs is 1. The van der Waals surface area contributed by atoms with Crippen LogP contribution in [0, 0.1) is 21.8 Å². The lowest BCUT2D eigenvalue weighted by Crippen LogP contribution is -2.27. The van der Waals surface area contributed by atoms with E-state index in [0.717, 1.165) is 0 Å². The lowest BCUT2D eigenvalue weighted by atomic mass is 10.1. The van der Waals surface area contributed by atoms with Crippen molar-refractivity contribution in [3.8, 4) is 5.75 Å². The number of halogens is 1. The Kier molecular flexibility index (Phi) is 5.32. The minimum absolute atomic E-state index is 0.00398. The maximum Gasteiger partial charge on any atom is 0.311 e. The Morgan fingerprint density at radius 1 is 1.33 bits per heavy atom. The van der Waals surface area contributed by atoms with Gasteiger partial charge in [0.25, 0.3) is 5.69 Å². The molecule has 4 rings (SSSR count). The first-order chi connectivity index (χ1) is 14.4. The monoisotopic (exact) mass is 416 g/mol. The van der Waals surface area contributed by atoms with Crippen molar-refractivity contribution < 1.29 is 33.1 Å². The Bertz CT molecular complexity index is 1030. The lowest BCUT2D eigenvalue weighted by molar-refractivity contribution is -0.385. The minimum atomic E-state index is -0.768. The largest absolute Gasteiger partial charge is 0.467 e. The molecule has 0 radical (unpaired) electrons. The van der Waals surface area contributed by atoms with E-state index in [1.807, 2.05) is 0 Å². The van der Waals surface area contributed by atoms with E-state index in [9.17, 15) is 24.1 Å². The number of nitro benzene ring substituents is 1. The Balaban J connectivity index is 1.47. The van der Waals surface area contributed by atoms with Gasteiger partial charge in [0.15, 0.2) is 6.79 Å². The topological polar surface area (TPSA) is 108 Å². The second-order valence-corrected chi connectivity index (χ2v) is 6.93. The molecular formula is C20H17FN2O7. The van der Waals surface area contributed by atoms with Gasteiger partial charge in [0.05, 0.1) is 23.1 Å². The predicted molar refractivity (Wildman–Crippen MR) is 100 cm³/mol. The van der Waals surface area contributed by atoms with Gasteiger partial charge in [-0.2, -0.15) is 0 Å². The van der Waals surface area contributed by atoms with Crippen LogP contribution in [-0.2, 0) is 32.3 Å². The average molecular weight is 416 g/mol. The highest BCUT2D eigenvalue weighted by Crippen LogP contribution is 2.34. The Morgan fingerprint density at radius 3 is 2.90 bits per heavy atom. The van der Waals surface area contributed by atoms with Gasteiger partial charge in [0, 0.05) is 36.2 Å². The van der Waals surface area contributed by atoms with Gasteiger partial charge in [-0.3, -0.25) is 19.7 Å². The number of hydrogen-bond donors (Lipinski definition) is 0. The fourth-order valence-corrected chi connectivity index (χ4v) is 3.53. The zero-order chi connectivity index (χ0) is 21.3. The van der Waals surface area contributed by atoms with Crippen LogP contribution in [0.1, 0.15) is 17.5 Å². The normalized spacial score (nSPS) is 18.0. The highest BCUT2D eigenvalue weighted by Gasteiger charge is 2.37. The molecule has 0 unspecified atom stereocenters. The van der Waals surface area contributed by atoms with Gasteiger partial charge in [0.1, 0.15) is 18.2 Å². The number of anilines is 1. The van der Waals surface area contributed by atoms with Crippen LogP contribution in [0.5, 0.6) is 5.75 Å². The van der Waals surface area contributed by atoms with Crippen LogP contribution in [0.2, 0.25) is 0 Å². The zero-order valence-corrected chi connectivity index (χ0v) is 15.7. The van der Waals surface area contributed by atoms with Gasteiger partial charge in [-0.15, -0.1) is 0 Å². The molecule has 0 aliphatic carbocycles. The Morgan fingerprint density at radius 2 is 2.13 bits per heavy atom. The number of nitro groups is 1. The number of hydrogen-bond acceptors (Lipinski definition) is 7. The second-order valence-electron chi connectivity index (χ2n) is 6.93. The molecule has 1 fully saturated rings. The number of carbonyl (C=O) groups is 2. The summed E-state index contributed by atoms with van der Waals surface area (Å²) in [5.74, 6) is -1.96. The van der Waals surface area contributed by atoms with E-state index in [1.165, 1.54) is 35.2 Å². The summed E-state index contributed by atoms with van der Waals surface area (Å²) in [4.78, 5) is 36.6. The summed E-state index contributed by atoms with van der Waals surface area (Å²) in [7, 11) is 0. The second kappa shape index (κ2) is 8.07. The van der Waals surface area contributed by atoms with Gasteiger partial charge in [0.2, 0.25) is 5.91 Å². The third-order valence-corrected chi connectivity index (χ3v) is 4.95. The molecule has 0 saturated carbocycles. The molecule has 1 saturated heterocycles. The van der Waals surface area contributed by atoms with E-state index in [4.69, 9.17) is 14.2 Å². The van der Waals surface area contributed by atoms with Crippen LogP contribution in [-0.4, -0.2) is 30.1 Å². The molecule has 2 heterocycles. The molecule has 2 aliphatic heterocycles. The summed E-state index contributed by atoms with van der Waals surface area (Å²) in [6, 6.07) is 8.45. The summed E-state index contributed by atoms with van der Waals surface area (Å²) >= 11 is 0. The Hall–Kier alpha value is -3.53. The van der Waals surface area contributed by atoms with Gasteiger partial charge >= 0.3 is 5.97 Å². The number of benzene rings is 2. The van der Waals surface area contributed by atoms with E-state index in [-0.39, 0.29) is 50.3 Å². The van der Waals surface area contributed by atoms with Crippen LogP contribution in [0.15, 0.2) is 36.4 Å². The third-order valence-electron chi connectivity index (χ3n) is 4.95. The van der Waals surface area contributed by atoms with Crippen molar-refractivity contribution in [1.29, 1.82) is 0 Å². The number of para-hydroxylation sites is 1. The molecule has 156 valence electrons. The highest BCUT2D eigenvalue weighted by atomic mass is 19.1. The fraction of sp³-hybridized carbons (Fsp3) is 0.300. The first-order valence-corrected chi connectivity index (χ1v) is 9.16. The molecule has 0 aromatic heterocycles. The number of amides is 1. The maximum absolute atomic E-state index is 14.0. The summed E-state index contributed by atoms with van der Waals surface area (Å²) < 4.78 is 29.9. The summed E-state index contributed by atoms with van der Waals surface area (Å²) in [6.07, 6.45) is -0.107. The van der Waals surface area contributed by atoms with Crippen LogP contribution < -0.4 is 9.64 Å². The fourth-order valence-electron chi connectivity index (χ4n) is 3.53. The standard InChI is InChI=1S/C20H17FN2O7/c21-16-3-1-2-4-17(16)22-8-12(7-18(22)24)20(25)29-10-14-6-15(23(26)27)5-13-9-28-11-30-19(13)14/h1-6,12H,7-11H2/t12-/m0/s1. The molecule has 0 spiro atoms. The number of ether oxygens (including phenoxy) is 3. The molecule has 0 bridgehead atoms. The molecule has 2 aromatic carbocycles. The number of rotatable bonds is 5. The molecule has 0 N–H and O–H groups in total.